The monoisotopic (exact) mass is 356 g/mol. The summed E-state index contributed by atoms with van der Waals surface area (Å²) in [6.07, 6.45) is 2.09. The van der Waals surface area contributed by atoms with Crippen molar-refractivity contribution in [3.63, 3.8) is 0 Å². The quantitative estimate of drug-likeness (QED) is 0.796. The maximum absolute atomic E-state index is 13.0. The molecule has 7 heteroatoms. The number of amides is 1. The first-order valence-corrected chi connectivity index (χ1v) is 8.31. The normalized spacial score (nSPS) is 16.0. The third kappa shape index (κ3) is 3.67. The van der Waals surface area contributed by atoms with E-state index in [2.05, 4.69) is 4.98 Å². The van der Waals surface area contributed by atoms with Crippen molar-refractivity contribution in [1.82, 2.24) is 9.88 Å². The molecule has 1 unspecified atom stereocenters. The van der Waals surface area contributed by atoms with Crippen LogP contribution in [0.25, 0.3) is 0 Å². The van der Waals surface area contributed by atoms with Gasteiger partial charge in [0.2, 0.25) is 5.88 Å². The smallest absolute Gasteiger partial charge is 0.331 e. The molecule has 1 atom stereocenters. The van der Waals surface area contributed by atoms with Crippen LogP contribution in [-0.4, -0.2) is 53.7 Å². The van der Waals surface area contributed by atoms with Gasteiger partial charge in [0.25, 0.3) is 5.91 Å². The maximum Gasteiger partial charge on any atom is 0.331 e. The second-order valence-corrected chi connectivity index (χ2v) is 5.91. The number of nitrogens with zero attached hydrogens (tertiary/aromatic N) is 2. The molecule has 1 aromatic heterocycles. The van der Waals surface area contributed by atoms with Crippen LogP contribution < -0.4 is 4.74 Å². The van der Waals surface area contributed by atoms with Gasteiger partial charge in [0.15, 0.2) is 6.04 Å². The Hall–Kier alpha value is -2.93. The second-order valence-electron chi connectivity index (χ2n) is 5.91. The molecule has 0 saturated carbocycles. The van der Waals surface area contributed by atoms with Crippen LogP contribution in [0.5, 0.6) is 5.88 Å². The van der Waals surface area contributed by atoms with Gasteiger partial charge >= 0.3 is 5.97 Å². The van der Waals surface area contributed by atoms with Crippen molar-refractivity contribution in [3.8, 4) is 5.88 Å². The van der Waals surface area contributed by atoms with E-state index in [1.165, 1.54) is 17.2 Å². The van der Waals surface area contributed by atoms with Crippen LogP contribution in [0.2, 0.25) is 0 Å². The summed E-state index contributed by atoms with van der Waals surface area (Å²) in [7, 11) is 1.57. The zero-order valence-electron chi connectivity index (χ0n) is 14.4. The number of methoxy groups -OCH3 is 1. The molecule has 3 rings (SSSR count). The number of ether oxygens (including phenoxy) is 2. The Balaban J connectivity index is 1.85. The predicted molar refractivity (Wildman–Crippen MR) is 93.2 cm³/mol. The SMILES string of the molecule is COCCOc1cc(C(=O)N2CCc3ccccc3C2C(=O)O)ccn1. The van der Waals surface area contributed by atoms with Gasteiger partial charge in [0.1, 0.15) is 6.61 Å². The molecule has 2 aromatic rings. The van der Waals surface area contributed by atoms with E-state index in [1.54, 1.807) is 25.3 Å². The van der Waals surface area contributed by atoms with Crippen molar-refractivity contribution in [2.24, 2.45) is 0 Å². The van der Waals surface area contributed by atoms with Crippen molar-refractivity contribution in [2.75, 3.05) is 26.9 Å². The predicted octanol–water partition coefficient (Wildman–Crippen LogP) is 1.93. The highest BCUT2D eigenvalue weighted by Gasteiger charge is 2.36. The standard InChI is InChI=1S/C19H20N2O5/c1-25-10-11-26-16-12-14(6-8-20-16)18(22)21-9-7-13-4-2-3-5-15(13)17(21)19(23)24/h2-6,8,12,17H,7,9-11H2,1H3,(H,23,24). The number of hydrogen-bond donors (Lipinski definition) is 1. The summed E-state index contributed by atoms with van der Waals surface area (Å²) >= 11 is 0. The summed E-state index contributed by atoms with van der Waals surface area (Å²) in [4.78, 5) is 30.3. The van der Waals surface area contributed by atoms with Gasteiger partial charge in [-0.3, -0.25) is 4.79 Å². The Morgan fingerprint density at radius 2 is 2.08 bits per heavy atom. The van der Waals surface area contributed by atoms with Crippen molar-refractivity contribution in [3.05, 3.63) is 59.3 Å². The molecule has 0 fully saturated rings. The van der Waals surface area contributed by atoms with Gasteiger partial charge in [-0.2, -0.15) is 0 Å². The number of aromatic nitrogens is 1. The average molecular weight is 356 g/mol. The highest BCUT2D eigenvalue weighted by molar-refractivity contribution is 5.97. The van der Waals surface area contributed by atoms with Crippen LogP contribution in [0.15, 0.2) is 42.6 Å². The molecular weight excluding hydrogens is 336 g/mol. The highest BCUT2D eigenvalue weighted by Crippen LogP contribution is 2.31. The van der Waals surface area contributed by atoms with E-state index in [1.807, 2.05) is 12.1 Å². The van der Waals surface area contributed by atoms with Crippen molar-refractivity contribution in [2.45, 2.75) is 12.5 Å². The fourth-order valence-electron chi connectivity index (χ4n) is 3.07. The molecule has 1 N–H and O–H groups in total. The van der Waals surface area contributed by atoms with E-state index >= 15 is 0 Å². The van der Waals surface area contributed by atoms with Crippen LogP contribution in [0.4, 0.5) is 0 Å². The number of carbonyl (C=O) groups is 2. The number of carboxylic acid groups (broad SMARTS) is 1. The lowest BCUT2D eigenvalue weighted by Gasteiger charge is -2.34. The fraction of sp³-hybridized carbons (Fsp3) is 0.316. The molecule has 0 aliphatic carbocycles. The molecule has 1 aliphatic heterocycles. The van der Waals surface area contributed by atoms with E-state index in [0.29, 0.717) is 43.2 Å². The van der Waals surface area contributed by atoms with Gasteiger partial charge < -0.3 is 19.5 Å². The summed E-state index contributed by atoms with van der Waals surface area (Å²) in [5.74, 6) is -1.10. The lowest BCUT2D eigenvalue weighted by Crippen LogP contribution is -2.43. The van der Waals surface area contributed by atoms with E-state index in [0.717, 1.165) is 5.56 Å². The molecule has 0 spiro atoms. The molecule has 0 radical (unpaired) electrons. The van der Waals surface area contributed by atoms with E-state index < -0.39 is 12.0 Å². The summed E-state index contributed by atoms with van der Waals surface area (Å²) in [5, 5.41) is 9.70. The second kappa shape index (κ2) is 7.97. The lowest BCUT2D eigenvalue weighted by molar-refractivity contribution is -0.143. The Morgan fingerprint density at radius 3 is 2.85 bits per heavy atom. The minimum Gasteiger partial charge on any atom is -0.479 e. The number of fused-ring (bicyclic) bond motifs is 1. The van der Waals surface area contributed by atoms with Gasteiger partial charge in [-0.25, -0.2) is 9.78 Å². The Kier molecular flexibility index (Phi) is 5.48. The van der Waals surface area contributed by atoms with Crippen molar-refractivity contribution >= 4 is 11.9 Å². The van der Waals surface area contributed by atoms with Gasteiger partial charge in [-0.1, -0.05) is 24.3 Å². The molecule has 0 bridgehead atoms. The molecule has 1 aromatic carbocycles. The molecule has 0 saturated heterocycles. The number of carbonyl (C=O) groups excluding carboxylic acids is 1. The minimum absolute atomic E-state index is 0.303. The zero-order valence-corrected chi connectivity index (χ0v) is 14.4. The van der Waals surface area contributed by atoms with Crippen LogP contribution in [0.1, 0.15) is 27.5 Å². The highest BCUT2D eigenvalue weighted by atomic mass is 16.5. The molecule has 26 heavy (non-hydrogen) atoms. The number of aliphatic carboxylic acids is 1. The molecular formula is C19H20N2O5. The largest absolute Gasteiger partial charge is 0.479 e. The van der Waals surface area contributed by atoms with E-state index in [-0.39, 0.29) is 5.91 Å². The molecule has 136 valence electrons. The minimum atomic E-state index is -1.05. The number of rotatable bonds is 6. The third-order valence-electron chi connectivity index (χ3n) is 4.30. The number of hydrogen-bond acceptors (Lipinski definition) is 5. The summed E-state index contributed by atoms with van der Waals surface area (Å²) in [6.45, 7) is 1.06. The molecule has 2 heterocycles. The van der Waals surface area contributed by atoms with Gasteiger partial charge in [0.05, 0.1) is 6.61 Å². The van der Waals surface area contributed by atoms with E-state index in [4.69, 9.17) is 9.47 Å². The average Bonchev–Trinajstić information content (AvgIpc) is 2.66. The third-order valence-corrected chi connectivity index (χ3v) is 4.30. The Bertz CT molecular complexity index is 808. The first-order chi connectivity index (χ1) is 12.6. The van der Waals surface area contributed by atoms with Crippen molar-refractivity contribution in [1.29, 1.82) is 0 Å². The van der Waals surface area contributed by atoms with Crippen molar-refractivity contribution < 1.29 is 24.2 Å². The fourth-order valence-corrected chi connectivity index (χ4v) is 3.07. The molecule has 7 nitrogen and oxygen atoms in total. The summed E-state index contributed by atoms with van der Waals surface area (Å²) in [5.41, 5.74) is 1.96. The first kappa shape index (κ1) is 17.9. The first-order valence-electron chi connectivity index (χ1n) is 8.31. The zero-order chi connectivity index (χ0) is 18.5. The lowest BCUT2D eigenvalue weighted by atomic mass is 9.92. The Morgan fingerprint density at radius 1 is 1.27 bits per heavy atom. The number of pyridine rings is 1. The number of benzene rings is 1. The van der Waals surface area contributed by atoms with Crippen LogP contribution in [0.3, 0.4) is 0 Å². The molecule has 1 aliphatic rings. The number of carboxylic acids is 1. The van der Waals surface area contributed by atoms with E-state index in [9.17, 15) is 14.7 Å². The van der Waals surface area contributed by atoms with Gasteiger partial charge in [-0.05, 0) is 23.6 Å². The van der Waals surface area contributed by atoms with Crippen LogP contribution in [0, 0.1) is 0 Å². The van der Waals surface area contributed by atoms with Crippen LogP contribution >= 0.6 is 0 Å². The van der Waals surface area contributed by atoms with Gasteiger partial charge in [-0.15, -0.1) is 0 Å². The maximum atomic E-state index is 13.0. The topological polar surface area (TPSA) is 89.0 Å². The van der Waals surface area contributed by atoms with Crippen LogP contribution in [-0.2, 0) is 16.0 Å². The Labute approximate surface area is 151 Å². The summed E-state index contributed by atoms with van der Waals surface area (Å²) in [6, 6.07) is 9.42. The van der Waals surface area contributed by atoms with Gasteiger partial charge in [0, 0.05) is 31.5 Å². The molecule has 1 amide bonds. The summed E-state index contributed by atoms with van der Waals surface area (Å²) < 4.78 is 10.3.